The molecule has 0 saturated heterocycles. The van der Waals surface area contributed by atoms with Crippen LogP contribution in [0.3, 0.4) is 0 Å². The van der Waals surface area contributed by atoms with E-state index >= 15 is 0 Å². The molecule has 0 saturated carbocycles. The highest BCUT2D eigenvalue weighted by molar-refractivity contribution is 6.04. The van der Waals surface area contributed by atoms with Crippen molar-refractivity contribution in [3.05, 3.63) is 64.6 Å². The van der Waals surface area contributed by atoms with Crippen molar-refractivity contribution >= 4 is 16.7 Å². The van der Waals surface area contributed by atoms with E-state index in [-0.39, 0.29) is 11.5 Å². The first-order chi connectivity index (χ1) is 15.0. The van der Waals surface area contributed by atoms with Crippen LogP contribution in [0.2, 0.25) is 0 Å². The van der Waals surface area contributed by atoms with Crippen LogP contribution in [0.25, 0.3) is 10.8 Å². The fourth-order valence-corrected chi connectivity index (χ4v) is 3.31. The predicted molar refractivity (Wildman–Crippen MR) is 121 cm³/mol. The number of aryl methyl sites for hydroxylation is 1. The molecule has 3 rings (SSSR count). The summed E-state index contributed by atoms with van der Waals surface area (Å²) in [6.45, 7) is 3.33. The zero-order valence-corrected chi connectivity index (χ0v) is 18.3. The number of unbranched alkanes of at least 4 members (excludes halogenated alkanes) is 2. The summed E-state index contributed by atoms with van der Waals surface area (Å²) in [6.07, 6.45) is 2.90. The van der Waals surface area contributed by atoms with Gasteiger partial charge in [0.1, 0.15) is 18.1 Å². The lowest BCUT2D eigenvalue weighted by Crippen LogP contribution is -2.34. The number of benzene rings is 2. The number of ether oxygens (including phenoxy) is 2. The molecule has 7 heteroatoms. The van der Waals surface area contributed by atoms with Crippen molar-refractivity contribution in [2.24, 2.45) is 0 Å². The van der Waals surface area contributed by atoms with Gasteiger partial charge in [0.15, 0.2) is 5.69 Å². The highest BCUT2D eigenvalue weighted by atomic mass is 16.5. The lowest BCUT2D eigenvalue weighted by molar-refractivity contribution is 0.0767. The molecule has 7 nitrogen and oxygen atoms in total. The summed E-state index contributed by atoms with van der Waals surface area (Å²) in [4.78, 5) is 27.5. The van der Waals surface area contributed by atoms with Crippen LogP contribution >= 0.6 is 0 Å². The topological polar surface area (TPSA) is 73.7 Å². The molecule has 1 amide bonds. The number of rotatable bonds is 10. The number of aromatic nitrogens is 2. The van der Waals surface area contributed by atoms with Crippen molar-refractivity contribution in [1.29, 1.82) is 0 Å². The lowest BCUT2D eigenvalue weighted by atomic mass is 10.1. The maximum atomic E-state index is 13.2. The Bertz CT molecular complexity index is 1080. The maximum Gasteiger partial charge on any atom is 0.274 e. The van der Waals surface area contributed by atoms with Gasteiger partial charge in [-0.05, 0) is 36.8 Å². The summed E-state index contributed by atoms with van der Waals surface area (Å²) < 4.78 is 12.3. The summed E-state index contributed by atoms with van der Waals surface area (Å²) in [6, 6.07) is 14.4. The largest absolute Gasteiger partial charge is 0.497 e. The molecule has 0 N–H and O–H groups in total. The molecule has 0 aliphatic heterocycles. The standard InChI is InChI=1S/C24H29N3O4/c1-4-5-8-15-27-23(28)21-10-7-6-9-20(21)22(25-27)24(29)26(2)16-17-31-19-13-11-18(30-3)12-14-19/h6-7,9-14H,4-5,8,15-17H2,1-3H3. The molecular weight excluding hydrogens is 394 g/mol. The van der Waals surface area contributed by atoms with E-state index in [0.717, 1.165) is 25.0 Å². The number of hydrogen-bond donors (Lipinski definition) is 0. The SMILES string of the molecule is CCCCCn1nc(C(=O)N(C)CCOc2ccc(OC)cc2)c2ccccc2c1=O. The molecule has 3 aromatic rings. The van der Waals surface area contributed by atoms with E-state index in [0.29, 0.717) is 41.9 Å². The van der Waals surface area contributed by atoms with Crippen molar-refractivity contribution in [2.75, 3.05) is 27.3 Å². The van der Waals surface area contributed by atoms with E-state index in [4.69, 9.17) is 9.47 Å². The Morgan fingerprint density at radius 3 is 2.39 bits per heavy atom. The van der Waals surface area contributed by atoms with E-state index in [1.165, 1.54) is 4.68 Å². The predicted octanol–water partition coefficient (Wildman–Crippen LogP) is 3.75. The molecule has 0 radical (unpaired) electrons. The molecule has 0 fully saturated rings. The molecule has 1 aromatic heterocycles. The Hall–Kier alpha value is -3.35. The Labute approximate surface area is 182 Å². The smallest absolute Gasteiger partial charge is 0.274 e. The molecule has 164 valence electrons. The monoisotopic (exact) mass is 423 g/mol. The van der Waals surface area contributed by atoms with Crippen molar-refractivity contribution in [2.45, 2.75) is 32.7 Å². The van der Waals surface area contributed by atoms with Gasteiger partial charge < -0.3 is 14.4 Å². The van der Waals surface area contributed by atoms with Gasteiger partial charge in [-0.15, -0.1) is 0 Å². The second-order valence-electron chi connectivity index (χ2n) is 7.38. The Morgan fingerprint density at radius 2 is 1.71 bits per heavy atom. The van der Waals surface area contributed by atoms with Crippen LogP contribution in [0, 0.1) is 0 Å². The number of nitrogens with zero attached hydrogens (tertiary/aromatic N) is 3. The van der Waals surface area contributed by atoms with E-state index < -0.39 is 0 Å². The molecule has 2 aromatic carbocycles. The quantitative estimate of drug-likeness (QED) is 0.465. The highest BCUT2D eigenvalue weighted by Gasteiger charge is 2.20. The fraction of sp³-hybridized carbons (Fsp3) is 0.375. The average molecular weight is 424 g/mol. The van der Waals surface area contributed by atoms with Crippen LogP contribution in [0.1, 0.15) is 36.7 Å². The second-order valence-corrected chi connectivity index (χ2v) is 7.38. The summed E-state index contributed by atoms with van der Waals surface area (Å²) in [5, 5.41) is 5.53. The van der Waals surface area contributed by atoms with Gasteiger partial charge in [-0.2, -0.15) is 5.10 Å². The Morgan fingerprint density at radius 1 is 1.03 bits per heavy atom. The Balaban J connectivity index is 1.75. The molecular formula is C24H29N3O4. The molecule has 31 heavy (non-hydrogen) atoms. The summed E-state index contributed by atoms with van der Waals surface area (Å²) in [5.74, 6) is 1.22. The maximum absolute atomic E-state index is 13.2. The van der Waals surface area contributed by atoms with E-state index in [1.54, 1.807) is 37.3 Å². The van der Waals surface area contributed by atoms with Crippen LogP contribution in [-0.4, -0.2) is 47.9 Å². The van der Waals surface area contributed by atoms with Crippen molar-refractivity contribution in [1.82, 2.24) is 14.7 Å². The van der Waals surface area contributed by atoms with Gasteiger partial charge in [0.05, 0.1) is 19.0 Å². The highest BCUT2D eigenvalue weighted by Crippen LogP contribution is 2.18. The van der Waals surface area contributed by atoms with Crippen LogP contribution < -0.4 is 15.0 Å². The second kappa shape index (κ2) is 10.6. The normalized spacial score (nSPS) is 10.8. The third kappa shape index (κ3) is 5.42. The van der Waals surface area contributed by atoms with Gasteiger partial charge >= 0.3 is 0 Å². The van der Waals surface area contributed by atoms with E-state index in [9.17, 15) is 9.59 Å². The van der Waals surface area contributed by atoms with Gasteiger partial charge in [-0.1, -0.05) is 38.0 Å². The van der Waals surface area contributed by atoms with Gasteiger partial charge in [-0.3, -0.25) is 9.59 Å². The van der Waals surface area contributed by atoms with Crippen molar-refractivity contribution in [3.8, 4) is 11.5 Å². The first kappa shape index (κ1) is 22.3. The summed E-state index contributed by atoms with van der Waals surface area (Å²) >= 11 is 0. The fourth-order valence-electron chi connectivity index (χ4n) is 3.31. The molecule has 0 atom stereocenters. The first-order valence-corrected chi connectivity index (χ1v) is 10.6. The third-order valence-electron chi connectivity index (χ3n) is 5.15. The number of likely N-dealkylation sites (N-methyl/N-ethyl adjacent to an activating group) is 1. The van der Waals surface area contributed by atoms with Crippen LogP contribution in [0.5, 0.6) is 11.5 Å². The first-order valence-electron chi connectivity index (χ1n) is 10.6. The minimum atomic E-state index is -0.237. The number of amides is 1. The summed E-state index contributed by atoms with van der Waals surface area (Å²) in [7, 11) is 3.32. The van der Waals surface area contributed by atoms with Gasteiger partial charge in [0.2, 0.25) is 0 Å². The van der Waals surface area contributed by atoms with Crippen molar-refractivity contribution < 1.29 is 14.3 Å². The molecule has 0 unspecified atom stereocenters. The van der Waals surface area contributed by atoms with E-state index in [2.05, 4.69) is 12.0 Å². The van der Waals surface area contributed by atoms with Gasteiger partial charge in [0, 0.05) is 19.0 Å². The molecule has 0 bridgehead atoms. The lowest BCUT2D eigenvalue weighted by Gasteiger charge is -2.19. The van der Waals surface area contributed by atoms with Gasteiger partial charge in [-0.25, -0.2) is 4.68 Å². The minimum Gasteiger partial charge on any atom is -0.497 e. The molecule has 0 spiro atoms. The van der Waals surface area contributed by atoms with Crippen LogP contribution in [0.15, 0.2) is 53.3 Å². The third-order valence-corrected chi connectivity index (χ3v) is 5.15. The van der Waals surface area contributed by atoms with Gasteiger partial charge in [0.25, 0.3) is 11.5 Å². The minimum absolute atomic E-state index is 0.159. The number of carbonyl (C=O) groups excluding carboxylic acids is 1. The zero-order chi connectivity index (χ0) is 22.2. The molecule has 1 heterocycles. The Kier molecular flexibility index (Phi) is 7.65. The number of fused-ring (bicyclic) bond motifs is 1. The van der Waals surface area contributed by atoms with Crippen molar-refractivity contribution in [3.63, 3.8) is 0 Å². The van der Waals surface area contributed by atoms with E-state index in [1.807, 2.05) is 30.3 Å². The van der Waals surface area contributed by atoms with Crippen LogP contribution in [-0.2, 0) is 6.54 Å². The zero-order valence-electron chi connectivity index (χ0n) is 18.3. The molecule has 0 aliphatic carbocycles. The van der Waals surface area contributed by atoms with Crippen LogP contribution in [0.4, 0.5) is 0 Å². The average Bonchev–Trinajstić information content (AvgIpc) is 2.80. The number of hydrogen-bond acceptors (Lipinski definition) is 5. The molecule has 0 aliphatic rings. The summed E-state index contributed by atoms with van der Waals surface area (Å²) in [5.41, 5.74) is 0.132. The number of methoxy groups -OCH3 is 1. The number of carbonyl (C=O) groups is 1.